The molecule has 39 heavy (non-hydrogen) atoms. The number of aryl methyl sites for hydroxylation is 2. The van der Waals surface area contributed by atoms with Gasteiger partial charge in [-0.2, -0.15) is 10.5 Å². The molecular formula is C27H30N8O4. The van der Waals surface area contributed by atoms with Crippen LogP contribution >= 0.6 is 0 Å². The van der Waals surface area contributed by atoms with Crippen LogP contribution in [0.5, 0.6) is 0 Å². The smallest absolute Gasteiger partial charge is 0.329 e. The van der Waals surface area contributed by atoms with Crippen LogP contribution in [0.1, 0.15) is 58.1 Å². The van der Waals surface area contributed by atoms with Crippen LogP contribution in [0.25, 0.3) is 0 Å². The third-order valence-corrected chi connectivity index (χ3v) is 7.06. The van der Waals surface area contributed by atoms with E-state index in [0.717, 1.165) is 23.3 Å². The van der Waals surface area contributed by atoms with Crippen LogP contribution in [0.3, 0.4) is 0 Å². The molecule has 0 radical (unpaired) electrons. The number of primary amides is 1. The Balaban J connectivity index is 1.52. The number of esters is 1. The summed E-state index contributed by atoms with van der Waals surface area (Å²) in [6, 6.07) is 12.8. The highest BCUT2D eigenvalue weighted by Gasteiger charge is 2.33. The van der Waals surface area contributed by atoms with Gasteiger partial charge in [0.15, 0.2) is 5.82 Å². The van der Waals surface area contributed by atoms with E-state index in [9.17, 15) is 14.4 Å². The lowest BCUT2D eigenvalue weighted by atomic mass is 9.89. The molecule has 0 aliphatic carbocycles. The highest BCUT2D eigenvalue weighted by atomic mass is 16.5. The monoisotopic (exact) mass is 530 g/mol. The van der Waals surface area contributed by atoms with Gasteiger partial charge in [0.2, 0.25) is 0 Å². The van der Waals surface area contributed by atoms with E-state index in [1.54, 1.807) is 30.0 Å². The predicted octanol–water partition coefficient (Wildman–Crippen LogP) is 2.46. The number of likely N-dealkylation sites (tertiary alicyclic amines) is 1. The Hall–Kier alpha value is -4.79. The van der Waals surface area contributed by atoms with Gasteiger partial charge in [0.1, 0.15) is 6.04 Å². The topological polar surface area (TPSA) is 171 Å². The number of ether oxygens (including phenoxy) is 1. The number of tetrazole rings is 1. The molecule has 1 fully saturated rings. The average molecular weight is 531 g/mol. The van der Waals surface area contributed by atoms with Crippen molar-refractivity contribution < 1.29 is 19.1 Å². The standard InChI is InChI=1S/C27H30N8O4/c1-17-3-6-21(25(36)34-13-11-20(12-14-34)19-7-4-18(16-28)5-8-19)15-23(17)35(27(29)38)22(26(37)39-2)9-10-24-30-32-33-31-24/h3-8,15,20,22H,9-14H2,1-2H3,(H2,29,38)(H,30,31,32,33)/t22-/m0/s1. The maximum absolute atomic E-state index is 13.5. The summed E-state index contributed by atoms with van der Waals surface area (Å²) in [5, 5.41) is 22.7. The molecule has 0 saturated carbocycles. The lowest BCUT2D eigenvalue weighted by Gasteiger charge is -2.33. The first-order valence-corrected chi connectivity index (χ1v) is 12.6. The molecule has 0 spiro atoms. The van der Waals surface area contributed by atoms with Gasteiger partial charge >= 0.3 is 12.0 Å². The zero-order valence-electron chi connectivity index (χ0n) is 21.8. The number of aromatic amines is 1. The number of carbonyl (C=O) groups is 3. The minimum Gasteiger partial charge on any atom is -0.467 e. The van der Waals surface area contributed by atoms with E-state index in [-0.39, 0.29) is 18.7 Å². The lowest BCUT2D eigenvalue weighted by Crippen LogP contribution is -2.49. The highest BCUT2D eigenvalue weighted by Crippen LogP contribution is 2.30. The summed E-state index contributed by atoms with van der Waals surface area (Å²) in [5.74, 6) is -0.141. The van der Waals surface area contributed by atoms with Gasteiger partial charge < -0.3 is 15.4 Å². The van der Waals surface area contributed by atoms with Crippen LogP contribution in [0.15, 0.2) is 42.5 Å². The number of rotatable bonds is 8. The lowest BCUT2D eigenvalue weighted by molar-refractivity contribution is -0.142. The minimum absolute atomic E-state index is 0.135. The first kappa shape index (κ1) is 27.3. The van der Waals surface area contributed by atoms with Gasteiger partial charge in [-0.3, -0.25) is 9.69 Å². The van der Waals surface area contributed by atoms with Crippen LogP contribution in [0.4, 0.5) is 10.5 Å². The number of anilines is 1. The fourth-order valence-corrected chi connectivity index (χ4v) is 4.91. The summed E-state index contributed by atoms with van der Waals surface area (Å²) in [4.78, 5) is 41.8. The number of nitrogens with two attached hydrogens (primary N) is 1. The number of hydrogen-bond donors (Lipinski definition) is 2. The number of urea groups is 1. The third-order valence-electron chi connectivity index (χ3n) is 7.06. The Bertz CT molecular complexity index is 1360. The Labute approximate surface area is 225 Å². The number of nitrogens with one attached hydrogen (secondary N) is 1. The quantitative estimate of drug-likeness (QED) is 0.418. The first-order chi connectivity index (χ1) is 18.8. The maximum Gasteiger partial charge on any atom is 0.329 e. The molecule has 1 atom stereocenters. The second kappa shape index (κ2) is 12.2. The maximum atomic E-state index is 13.5. The molecule has 12 nitrogen and oxygen atoms in total. The summed E-state index contributed by atoms with van der Waals surface area (Å²) in [5.41, 5.74) is 8.94. The van der Waals surface area contributed by atoms with Crippen molar-refractivity contribution in [3.05, 3.63) is 70.5 Å². The van der Waals surface area contributed by atoms with Crippen LogP contribution in [0.2, 0.25) is 0 Å². The van der Waals surface area contributed by atoms with Crippen molar-refractivity contribution in [1.29, 1.82) is 5.26 Å². The van der Waals surface area contributed by atoms with Crippen LogP contribution in [0, 0.1) is 18.3 Å². The zero-order chi connectivity index (χ0) is 27.9. The normalized spacial score (nSPS) is 14.3. The third kappa shape index (κ3) is 6.20. The number of nitriles is 1. The van der Waals surface area contributed by atoms with Gasteiger partial charge in [-0.1, -0.05) is 23.4 Å². The average Bonchev–Trinajstić information content (AvgIpc) is 3.49. The highest BCUT2D eigenvalue weighted by molar-refractivity contribution is 6.01. The first-order valence-electron chi connectivity index (χ1n) is 12.6. The fourth-order valence-electron chi connectivity index (χ4n) is 4.91. The summed E-state index contributed by atoms with van der Waals surface area (Å²) in [6.45, 7) is 2.92. The van der Waals surface area contributed by atoms with E-state index in [1.807, 2.05) is 24.3 Å². The van der Waals surface area contributed by atoms with E-state index in [1.165, 1.54) is 7.11 Å². The summed E-state index contributed by atoms with van der Waals surface area (Å²) in [6.07, 6.45) is 1.97. The van der Waals surface area contributed by atoms with E-state index in [4.69, 9.17) is 15.7 Å². The molecule has 1 aliphatic rings. The molecule has 1 aromatic heterocycles. The van der Waals surface area contributed by atoms with Gasteiger partial charge in [0, 0.05) is 25.1 Å². The number of benzene rings is 2. The molecule has 202 valence electrons. The van der Waals surface area contributed by atoms with Crippen molar-refractivity contribution in [1.82, 2.24) is 25.5 Å². The number of carbonyl (C=O) groups excluding carboxylic acids is 3. The van der Waals surface area contributed by atoms with Crippen molar-refractivity contribution in [3.8, 4) is 6.07 Å². The van der Waals surface area contributed by atoms with E-state index < -0.39 is 18.0 Å². The Morgan fingerprint density at radius 2 is 1.92 bits per heavy atom. The summed E-state index contributed by atoms with van der Waals surface area (Å²) < 4.78 is 4.96. The number of methoxy groups -OCH3 is 1. The minimum atomic E-state index is -1.06. The summed E-state index contributed by atoms with van der Waals surface area (Å²) >= 11 is 0. The molecule has 3 amide bonds. The predicted molar refractivity (Wildman–Crippen MR) is 141 cm³/mol. The second-order valence-electron chi connectivity index (χ2n) is 9.42. The molecule has 4 rings (SSSR count). The summed E-state index contributed by atoms with van der Waals surface area (Å²) in [7, 11) is 1.23. The zero-order valence-corrected chi connectivity index (χ0v) is 21.8. The van der Waals surface area contributed by atoms with Gasteiger partial charge in [0.25, 0.3) is 5.91 Å². The molecular weight excluding hydrogens is 500 g/mol. The van der Waals surface area contributed by atoms with Crippen LogP contribution in [-0.4, -0.2) is 69.7 Å². The van der Waals surface area contributed by atoms with Crippen LogP contribution < -0.4 is 10.6 Å². The second-order valence-corrected chi connectivity index (χ2v) is 9.42. The Morgan fingerprint density at radius 1 is 1.21 bits per heavy atom. The van der Waals surface area contributed by atoms with Gasteiger partial charge in [-0.25, -0.2) is 9.59 Å². The van der Waals surface area contributed by atoms with Crippen molar-refractivity contribution in [2.45, 2.75) is 44.6 Å². The largest absolute Gasteiger partial charge is 0.467 e. The molecule has 0 bridgehead atoms. The van der Waals surface area contributed by atoms with Crippen LogP contribution in [-0.2, 0) is 16.0 Å². The van der Waals surface area contributed by atoms with Crippen molar-refractivity contribution in [2.75, 3.05) is 25.1 Å². The molecule has 0 unspecified atom stereocenters. The van der Waals surface area contributed by atoms with Crippen molar-refractivity contribution >= 4 is 23.6 Å². The van der Waals surface area contributed by atoms with E-state index >= 15 is 0 Å². The molecule has 1 saturated heterocycles. The molecule has 2 aromatic carbocycles. The van der Waals surface area contributed by atoms with Crippen molar-refractivity contribution in [3.63, 3.8) is 0 Å². The SMILES string of the molecule is COC(=O)[C@H](CCc1nn[nH]n1)N(C(N)=O)c1cc(C(=O)N2CCC(c3ccc(C#N)cc3)CC2)ccc1C. The number of aromatic nitrogens is 4. The van der Waals surface area contributed by atoms with Gasteiger partial charge in [-0.15, -0.1) is 10.2 Å². The molecule has 12 heteroatoms. The van der Waals surface area contributed by atoms with E-state index in [2.05, 4.69) is 26.7 Å². The van der Waals surface area contributed by atoms with E-state index in [0.29, 0.717) is 47.2 Å². The number of amides is 3. The number of nitrogens with zero attached hydrogens (tertiary/aromatic N) is 6. The fraction of sp³-hybridized carbons (Fsp3) is 0.370. The number of H-pyrrole nitrogens is 1. The number of piperidine rings is 1. The molecule has 3 aromatic rings. The molecule has 2 heterocycles. The molecule has 3 N–H and O–H groups in total. The van der Waals surface area contributed by atoms with Crippen molar-refractivity contribution in [2.24, 2.45) is 5.73 Å². The van der Waals surface area contributed by atoms with Gasteiger partial charge in [-0.05, 0) is 67.5 Å². The number of hydrogen-bond acceptors (Lipinski definition) is 8. The Morgan fingerprint density at radius 3 is 2.51 bits per heavy atom. The Kier molecular flexibility index (Phi) is 8.50. The van der Waals surface area contributed by atoms with Gasteiger partial charge in [0.05, 0.1) is 24.4 Å². The molecule has 1 aliphatic heterocycles.